The summed E-state index contributed by atoms with van der Waals surface area (Å²) >= 11 is 0. The van der Waals surface area contributed by atoms with Gasteiger partial charge in [-0.25, -0.2) is 4.39 Å². The summed E-state index contributed by atoms with van der Waals surface area (Å²) in [5.74, 6) is 1.33. The maximum absolute atomic E-state index is 14.3. The van der Waals surface area contributed by atoms with Gasteiger partial charge in [-0.3, -0.25) is 0 Å². The second kappa shape index (κ2) is 2.54. The zero-order valence-electron chi connectivity index (χ0n) is 10.2. The Morgan fingerprint density at radius 2 is 1.79 bits per heavy atom. The molecule has 82 valence electrons. The Bertz CT molecular complexity index is 244. The summed E-state index contributed by atoms with van der Waals surface area (Å²) in [5, 5.41) is 0. The van der Waals surface area contributed by atoms with Crippen LogP contribution in [0.15, 0.2) is 0 Å². The largest absolute Gasteiger partial charge is 0.243 e. The van der Waals surface area contributed by atoms with Crippen LogP contribution in [0.25, 0.3) is 0 Å². The van der Waals surface area contributed by atoms with Crippen LogP contribution in [-0.4, -0.2) is 5.67 Å². The highest BCUT2D eigenvalue weighted by Crippen LogP contribution is 2.68. The van der Waals surface area contributed by atoms with Crippen molar-refractivity contribution < 1.29 is 4.39 Å². The molecule has 0 aliphatic heterocycles. The summed E-state index contributed by atoms with van der Waals surface area (Å²) in [5.41, 5.74) is -0.549. The Hall–Kier alpha value is -0.0700. The fraction of sp³-hybridized carbons (Fsp3) is 1.00. The SMILES string of the molecule is CC(C)(C)C1CCC2(F)CC1C2(C)C. The predicted molar refractivity (Wildman–Crippen MR) is 57.9 cm³/mol. The lowest BCUT2D eigenvalue weighted by Gasteiger charge is -2.66. The molecular weight excluding hydrogens is 175 g/mol. The van der Waals surface area contributed by atoms with Gasteiger partial charge >= 0.3 is 0 Å². The molecule has 0 nitrogen and oxygen atoms in total. The van der Waals surface area contributed by atoms with E-state index in [-0.39, 0.29) is 5.41 Å². The fourth-order valence-corrected chi connectivity index (χ4v) is 3.76. The van der Waals surface area contributed by atoms with Gasteiger partial charge in [0.15, 0.2) is 0 Å². The first kappa shape index (κ1) is 10.4. The third kappa shape index (κ3) is 1.10. The molecule has 0 aromatic rings. The van der Waals surface area contributed by atoms with Crippen LogP contribution in [0.2, 0.25) is 0 Å². The average molecular weight is 198 g/mol. The van der Waals surface area contributed by atoms with Gasteiger partial charge < -0.3 is 0 Å². The summed E-state index contributed by atoms with van der Waals surface area (Å²) in [6, 6.07) is 0. The van der Waals surface area contributed by atoms with Crippen molar-refractivity contribution in [3.63, 3.8) is 0 Å². The van der Waals surface area contributed by atoms with Gasteiger partial charge in [-0.05, 0) is 36.5 Å². The minimum absolute atomic E-state index is 0.0663. The van der Waals surface area contributed by atoms with E-state index in [0.29, 0.717) is 11.3 Å². The number of rotatable bonds is 0. The summed E-state index contributed by atoms with van der Waals surface area (Å²) in [6.45, 7) is 11.2. The molecule has 3 aliphatic carbocycles. The summed E-state index contributed by atoms with van der Waals surface area (Å²) in [4.78, 5) is 0. The monoisotopic (exact) mass is 198 g/mol. The normalized spacial score (nSPS) is 45.9. The van der Waals surface area contributed by atoms with Crippen LogP contribution in [0.4, 0.5) is 4.39 Å². The summed E-state index contributed by atoms with van der Waals surface area (Å²) in [7, 11) is 0. The molecule has 3 aliphatic rings. The standard InChI is InChI=1S/C13H23F/c1-11(2,3)9-6-7-13(14)8-10(9)12(13,4)5/h9-10H,6-8H2,1-5H3. The lowest BCUT2D eigenvalue weighted by atomic mass is 9.41. The van der Waals surface area contributed by atoms with Crippen molar-refractivity contribution in [2.45, 2.75) is 59.5 Å². The average Bonchev–Trinajstić information content (AvgIpc) is 2.01. The van der Waals surface area contributed by atoms with E-state index in [9.17, 15) is 4.39 Å². The maximum Gasteiger partial charge on any atom is 0.116 e. The van der Waals surface area contributed by atoms with Crippen LogP contribution < -0.4 is 0 Å². The first-order valence-electron chi connectivity index (χ1n) is 5.87. The van der Waals surface area contributed by atoms with Gasteiger partial charge in [0, 0.05) is 5.41 Å². The number of alkyl halides is 1. The van der Waals surface area contributed by atoms with E-state index in [0.717, 1.165) is 25.2 Å². The Labute approximate surface area is 87.3 Å². The van der Waals surface area contributed by atoms with E-state index in [4.69, 9.17) is 0 Å². The molecule has 14 heavy (non-hydrogen) atoms. The quantitative estimate of drug-likeness (QED) is 0.547. The van der Waals surface area contributed by atoms with Crippen molar-refractivity contribution in [1.29, 1.82) is 0 Å². The van der Waals surface area contributed by atoms with Crippen molar-refractivity contribution in [2.24, 2.45) is 22.7 Å². The molecule has 0 amide bonds. The molecule has 0 spiro atoms. The van der Waals surface area contributed by atoms with Crippen molar-refractivity contribution in [1.82, 2.24) is 0 Å². The van der Waals surface area contributed by atoms with Gasteiger partial charge in [-0.2, -0.15) is 0 Å². The Balaban J connectivity index is 2.22. The number of fused-ring (bicyclic) bond motifs is 2. The Morgan fingerprint density at radius 1 is 1.21 bits per heavy atom. The molecule has 0 heterocycles. The van der Waals surface area contributed by atoms with Crippen molar-refractivity contribution in [3.8, 4) is 0 Å². The smallest absolute Gasteiger partial charge is 0.116 e. The molecule has 2 bridgehead atoms. The second-order valence-corrected chi connectivity index (χ2v) is 7.01. The lowest BCUT2D eigenvalue weighted by molar-refractivity contribution is -0.216. The molecule has 0 saturated heterocycles. The Morgan fingerprint density at radius 3 is 2.14 bits per heavy atom. The maximum atomic E-state index is 14.3. The fourth-order valence-electron chi connectivity index (χ4n) is 3.76. The van der Waals surface area contributed by atoms with Gasteiger partial charge in [-0.15, -0.1) is 0 Å². The minimum atomic E-state index is -0.834. The third-order valence-electron chi connectivity index (χ3n) is 5.07. The summed E-state index contributed by atoms with van der Waals surface area (Å²) < 4.78 is 14.3. The molecule has 3 saturated carbocycles. The second-order valence-electron chi connectivity index (χ2n) is 7.01. The number of hydrogen-bond acceptors (Lipinski definition) is 0. The van der Waals surface area contributed by atoms with Gasteiger partial charge in [0.25, 0.3) is 0 Å². The third-order valence-corrected chi connectivity index (χ3v) is 5.07. The van der Waals surface area contributed by atoms with Gasteiger partial charge in [0.1, 0.15) is 5.67 Å². The molecule has 3 fully saturated rings. The van der Waals surface area contributed by atoms with Crippen LogP contribution in [0, 0.1) is 22.7 Å². The van der Waals surface area contributed by atoms with Gasteiger partial charge in [-0.1, -0.05) is 34.6 Å². The molecule has 0 aromatic heterocycles. The van der Waals surface area contributed by atoms with E-state index < -0.39 is 5.67 Å². The van der Waals surface area contributed by atoms with Gasteiger partial charge in [0.05, 0.1) is 0 Å². The van der Waals surface area contributed by atoms with Gasteiger partial charge in [0.2, 0.25) is 0 Å². The zero-order chi connectivity index (χ0) is 10.8. The number of hydrogen-bond donors (Lipinski definition) is 0. The van der Waals surface area contributed by atoms with E-state index in [1.165, 1.54) is 0 Å². The predicted octanol–water partition coefficient (Wildman–Crippen LogP) is 4.20. The first-order valence-corrected chi connectivity index (χ1v) is 5.87. The van der Waals surface area contributed by atoms with Crippen LogP contribution in [-0.2, 0) is 0 Å². The topological polar surface area (TPSA) is 0 Å². The molecule has 1 heteroatoms. The lowest BCUT2D eigenvalue weighted by Crippen LogP contribution is -2.65. The molecular formula is C13H23F. The van der Waals surface area contributed by atoms with E-state index in [1.807, 2.05) is 0 Å². The number of halogens is 1. The summed E-state index contributed by atoms with van der Waals surface area (Å²) in [6.07, 6.45) is 2.70. The minimum Gasteiger partial charge on any atom is -0.243 e. The van der Waals surface area contributed by atoms with Crippen molar-refractivity contribution in [2.75, 3.05) is 0 Å². The molecule has 0 radical (unpaired) electrons. The van der Waals surface area contributed by atoms with Crippen LogP contribution in [0.5, 0.6) is 0 Å². The van der Waals surface area contributed by atoms with Crippen molar-refractivity contribution >= 4 is 0 Å². The Kier molecular flexibility index (Phi) is 1.89. The first-order chi connectivity index (χ1) is 6.18. The van der Waals surface area contributed by atoms with E-state index in [2.05, 4.69) is 34.6 Å². The molecule has 0 N–H and O–H groups in total. The highest BCUT2D eigenvalue weighted by molar-refractivity contribution is 5.15. The highest BCUT2D eigenvalue weighted by atomic mass is 19.1. The van der Waals surface area contributed by atoms with E-state index >= 15 is 0 Å². The molecule has 3 rings (SSSR count). The van der Waals surface area contributed by atoms with Crippen LogP contribution in [0.3, 0.4) is 0 Å². The zero-order valence-corrected chi connectivity index (χ0v) is 10.2. The highest BCUT2D eigenvalue weighted by Gasteiger charge is 2.66. The molecule has 3 unspecified atom stereocenters. The molecule has 3 atom stereocenters. The van der Waals surface area contributed by atoms with Crippen LogP contribution >= 0.6 is 0 Å². The van der Waals surface area contributed by atoms with Crippen molar-refractivity contribution in [3.05, 3.63) is 0 Å². The van der Waals surface area contributed by atoms with E-state index in [1.54, 1.807) is 0 Å². The molecule has 0 aromatic carbocycles. The van der Waals surface area contributed by atoms with Crippen LogP contribution in [0.1, 0.15) is 53.9 Å².